The van der Waals surface area contributed by atoms with E-state index < -0.39 is 4.92 Å². The van der Waals surface area contributed by atoms with E-state index in [1.165, 1.54) is 12.1 Å². The zero-order valence-corrected chi connectivity index (χ0v) is 11.3. The molecule has 0 saturated heterocycles. The van der Waals surface area contributed by atoms with Gasteiger partial charge in [-0.1, -0.05) is 6.92 Å². The van der Waals surface area contributed by atoms with Crippen LogP contribution in [0.2, 0.25) is 0 Å². The van der Waals surface area contributed by atoms with E-state index in [1.54, 1.807) is 28.6 Å². The minimum absolute atomic E-state index is 0.0510. The molecule has 2 N–H and O–H groups in total. The summed E-state index contributed by atoms with van der Waals surface area (Å²) in [5.74, 6) is 1.50. The van der Waals surface area contributed by atoms with Crippen molar-refractivity contribution in [2.75, 3.05) is 11.5 Å². The largest absolute Gasteiger partial charge is 0.384 e. The molecule has 0 aliphatic rings. The third-order valence-electron chi connectivity index (χ3n) is 2.47. The smallest absolute Gasteiger partial charge is 0.269 e. The highest BCUT2D eigenvalue weighted by molar-refractivity contribution is 7.99. The van der Waals surface area contributed by atoms with E-state index in [2.05, 4.69) is 12.0 Å². The topological polar surface area (TPSA) is 87.0 Å². The molecule has 0 aliphatic heterocycles. The average Bonchev–Trinajstić information content (AvgIpc) is 2.77. The maximum absolute atomic E-state index is 10.6. The van der Waals surface area contributed by atoms with Gasteiger partial charge in [0, 0.05) is 18.2 Å². The van der Waals surface area contributed by atoms with Crippen LogP contribution in [-0.4, -0.2) is 20.5 Å². The van der Waals surface area contributed by atoms with Crippen molar-refractivity contribution < 1.29 is 4.92 Å². The predicted molar refractivity (Wildman–Crippen MR) is 75.6 cm³/mol. The van der Waals surface area contributed by atoms with Crippen LogP contribution in [0.1, 0.15) is 13.3 Å². The standard InChI is InChI=1S/C12H14N4O2S/c1-2-7-19-12-8-11(13)15(14-12)9-3-5-10(6-4-9)16(17)18/h3-6,8H,2,7,13H2,1H3. The molecule has 1 aromatic heterocycles. The minimum Gasteiger partial charge on any atom is -0.384 e. The molecule has 0 aliphatic carbocycles. The molecule has 1 heterocycles. The number of nitrogen functional groups attached to an aromatic ring is 1. The fourth-order valence-electron chi connectivity index (χ4n) is 1.57. The van der Waals surface area contributed by atoms with E-state index in [4.69, 9.17) is 5.73 Å². The molecule has 7 heteroatoms. The zero-order chi connectivity index (χ0) is 13.8. The fraction of sp³-hybridized carbons (Fsp3) is 0.250. The molecular weight excluding hydrogens is 264 g/mol. The Bertz CT molecular complexity index is 580. The van der Waals surface area contributed by atoms with Crippen molar-refractivity contribution in [3.05, 3.63) is 40.4 Å². The Morgan fingerprint density at radius 2 is 2.11 bits per heavy atom. The summed E-state index contributed by atoms with van der Waals surface area (Å²) >= 11 is 1.64. The van der Waals surface area contributed by atoms with E-state index in [1.807, 2.05) is 6.07 Å². The first-order chi connectivity index (χ1) is 9.11. The van der Waals surface area contributed by atoms with E-state index in [-0.39, 0.29) is 5.69 Å². The number of hydrogen-bond donors (Lipinski definition) is 1. The third kappa shape index (κ3) is 3.05. The molecule has 0 fully saturated rings. The number of anilines is 1. The number of non-ortho nitro benzene ring substituents is 1. The minimum atomic E-state index is -0.432. The van der Waals surface area contributed by atoms with Gasteiger partial charge in [-0.3, -0.25) is 10.1 Å². The second-order valence-corrected chi connectivity index (χ2v) is 5.06. The number of aromatic nitrogens is 2. The van der Waals surface area contributed by atoms with Gasteiger partial charge < -0.3 is 5.73 Å². The number of nitrogens with two attached hydrogens (primary N) is 1. The molecule has 0 radical (unpaired) electrons. The summed E-state index contributed by atoms with van der Waals surface area (Å²) in [6, 6.07) is 7.96. The summed E-state index contributed by atoms with van der Waals surface area (Å²) in [6.07, 6.45) is 1.06. The molecule has 0 unspecified atom stereocenters. The maximum atomic E-state index is 10.6. The Hall–Kier alpha value is -2.02. The molecule has 0 atom stereocenters. The lowest BCUT2D eigenvalue weighted by Gasteiger charge is -2.02. The lowest BCUT2D eigenvalue weighted by molar-refractivity contribution is -0.384. The Morgan fingerprint density at radius 1 is 1.42 bits per heavy atom. The van der Waals surface area contributed by atoms with Crippen LogP contribution in [-0.2, 0) is 0 Å². The first kappa shape index (κ1) is 13.4. The van der Waals surface area contributed by atoms with Crippen LogP contribution < -0.4 is 5.73 Å². The molecule has 0 bridgehead atoms. The van der Waals surface area contributed by atoms with Crippen molar-refractivity contribution in [2.45, 2.75) is 18.4 Å². The highest BCUT2D eigenvalue weighted by atomic mass is 32.2. The van der Waals surface area contributed by atoms with Crippen molar-refractivity contribution in [1.29, 1.82) is 0 Å². The number of benzene rings is 1. The van der Waals surface area contributed by atoms with E-state index in [9.17, 15) is 10.1 Å². The van der Waals surface area contributed by atoms with Crippen LogP contribution in [0.25, 0.3) is 5.69 Å². The Kier molecular flexibility index (Phi) is 4.06. The zero-order valence-electron chi connectivity index (χ0n) is 10.4. The SMILES string of the molecule is CCCSc1cc(N)n(-c2ccc([N+](=O)[O-])cc2)n1. The highest BCUT2D eigenvalue weighted by Gasteiger charge is 2.09. The van der Waals surface area contributed by atoms with Crippen LogP contribution in [0.5, 0.6) is 0 Å². The van der Waals surface area contributed by atoms with Gasteiger partial charge in [0.15, 0.2) is 0 Å². The van der Waals surface area contributed by atoms with Crippen molar-refractivity contribution in [1.82, 2.24) is 9.78 Å². The van der Waals surface area contributed by atoms with Crippen molar-refractivity contribution in [3.63, 3.8) is 0 Å². The van der Waals surface area contributed by atoms with Crippen molar-refractivity contribution >= 4 is 23.3 Å². The van der Waals surface area contributed by atoms with Gasteiger partial charge in [0.25, 0.3) is 5.69 Å². The molecule has 6 nitrogen and oxygen atoms in total. The van der Waals surface area contributed by atoms with Gasteiger partial charge >= 0.3 is 0 Å². The van der Waals surface area contributed by atoms with Crippen LogP contribution in [0.3, 0.4) is 0 Å². The van der Waals surface area contributed by atoms with E-state index in [0.29, 0.717) is 11.5 Å². The molecule has 0 amide bonds. The maximum Gasteiger partial charge on any atom is 0.269 e. The Morgan fingerprint density at radius 3 is 2.68 bits per heavy atom. The first-order valence-electron chi connectivity index (χ1n) is 5.85. The quantitative estimate of drug-likeness (QED) is 0.516. The number of thioether (sulfide) groups is 1. The summed E-state index contributed by atoms with van der Waals surface area (Å²) in [4.78, 5) is 10.2. The highest BCUT2D eigenvalue weighted by Crippen LogP contribution is 2.23. The molecule has 100 valence electrons. The summed E-state index contributed by atoms with van der Waals surface area (Å²) in [7, 11) is 0. The lowest BCUT2D eigenvalue weighted by atomic mass is 10.3. The van der Waals surface area contributed by atoms with Gasteiger partial charge in [-0.05, 0) is 24.3 Å². The van der Waals surface area contributed by atoms with Crippen LogP contribution in [0, 0.1) is 10.1 Å². The van der Waals surface area contributed by atoms with Gasteiger partial charge in [0.1, 0.15) is 10.8 Å². The van der Waals surface area contributed by atoms with Crippen LogP contribution in [0.4, 0.5) is 11.5 Å². The number of hydrogen-bond acceptors (Lipinski definition) is 5. The molecule has 0 saturated carbocycles. The van der Waals surface area contributed by atoms with E-state index >= 15 is 0 Å². The summed E-state index contributed by atoms with van der Waals surface area (Å²) in [5.41, 5.74) is 6.66. The van der Waals surface area contributed by atoms with Gasteiger partial charge in [0.05, 0.1) is 10.6 Å². The van der Waals surface area contributed by atoms with Gasteiger partial charge in [-0.25, -0.2) is 4.68 Å². The third-order valence-corrected chi connectivity index (χ3v) is 3.58. The fourth-order valence-corrected chi connectivity index (χ4v) is 2.33. The van der Waals surface area contributed by atoms with Gasteiger partial charge in [-0.15, -0.1) is 11.8 Å². The normalized spacial score (nSPS) is 10.6. The second kappa shape index (κ2) is 5.75. The van der Waals surface area contributed by atoms with Crippen LogP contribution in [0.15, 0.2) is 35.4 Å². The molecule has 2 rings (SSSR count). The summed E-state index contributed by atoms with van der Waals surface area (Å²) in [6.45, 7) is 2.10. The predicted octanol–water partition coefficient (Wildman–Crippen LogP) is 2.86. The lowest BCUT2D eigenvalue weighted by Crippen LogP contribution is -2.01. The first-order valence-corrected chi connectivity index (χ1v) is 6.83. The molecule has 2 aromatic rings. The molecule has 0 spiro atoms. The average molecular weight is 278 g/mol. The number of rotatable bonds is 5. The summed E-state index contributed by atoms with van der Waals surface area (Å²) in [5, 5.41) is 15.8. The molecular formula is C12H14N4O2S. The number of nitro groups is 1. The number of nitro benzene ring substituents is 1. The van der Waals surface area contributed by atoms with Crippen molar-refractivity contribution in [2.24, 2.45) is 0 Å². The Balaban J connectivity index is 2.25. The summed E-state index contributed by atoms with van der Waals surface area (Å²) < 4.78 is 1.59. The molecule has 19 heavy (non-hydrogen) atoms. The van der Waals surface area contributed by atoms with E-state index in [0.717, 1.165) is 17.2 Å². The Labute approximate surface area is 114 Å². The number of nitrogens with zero attached hydrogens (tertiary/aromatic N) is 3. The van der Waals surface area contributed by atoms with Gasteiger partial charge in [-0.2, -0.15) is 5.10 Å². The van der Waals surface area contributed by atoms with Crippen LogP contribution >= 0.6 is 11.8 Å². The second-order valence-electron chi connectivity index (χ2n) is 3.94. The monoisotopic (exact) mass is 278 g/mol. The van der Waals surface area contributed by atoms with Gasteiger partial charge in [0.2, 0.25) is 0 Å². The van der Waals surface area contributed by atoms with Crippen molar-refractivity contribution in [3.8, 4) is 5.69 Å². The molecule has 1 aromatic carbocycles.